The van der Waals surface area contributed by atoms with Crippen LogP contribution in [0.2, 0.25) is 0 Å². The van der Waals surface area contributed by atoms with Gasteiger partial charge >= 0.3 is 0 Å². The number of hydrogen-bond acceptors (Lipinski definition) is 5. The van der Waals surface area contributed by atoms with E-state index in [-0.39, 0.29) is 5.91 Å². The molecule has 0 bridgehead atoms. The van der Waals surface area contributed by atoms with Crippen LogP contribution in [0.15, 0.2) is 18.6 Å². The molecule has 7 heteroatoms. The predicted octanol–water partition coefficient (Wildman–Crippen LogP) is 1.70. The van der Waals surface area contributed by atoms with E-state index in [4.69, 9.17) is 4.74 Å². The third-order valence-corrected chi connectivity index (χ3v) is 6.09. The predicted molar refractivity (Wildman–Crippen MR) is 97.1 cm³/mol. The highest BCUT2D eigenvalue weighted by molar-refractivity contribution is 5.96. The lowest BCUT2D eigenvalue weighted by Gasteiger charge is -2.46. The molecule has 2 saturated heterocycles. The second-order valence-corrected chi connectivity index (χ2v) is 7.67. The lowest BCUT2D eigenvalue weighted by Crippen LogP contribution is -2.62. The molecule has 3 aliphatic rings. The minimum atomic E-state index is 0.0688. The van der Waals surface area contributed by atoms with Gasteiger partial charge in [0.25, 0.3) is 5.91 Å². The third-order valence-electron chi connectivity index (χ3n) is 6.09. The van der Waals surface area contributed by atoms with Gasteiger partial charge in [-0.2, -0.15) is 0 Å². The summed E-state index contributed by atoms with van der Waals surface area (Å²) in [4.78, 5) is 26.2. The lowest BCUT2D eigenvalue weighted by atomic mass is 10.0. The second kappa shape index (κ2) is 6.63. The zero-order valence-corrected chi connectivity index (χ0v) is 15.0. The summed E-state index contributed by atoms with van der Waals surface area (Å²) in [6.45, 7) is 5.14. The first-order valence-electron chi connectivity index (χ1n) is 9.73. The van der Waals surface area contributed by atoms with Gasteiger partial charge in [-0.15, -0.1) is 0 Å². The molecule has 26 heavy (non-hydrogen) atoms. The van der Waals surface area contributed by atoms with Crippen molar-refractivity contribution in [1.82, 2.24) is 24.3 Å². The Bertz CT molecular complexity index is 801. The molecule has 1 aliphatic carbocycles. The lowest BCUT2D eigenvalue weighted by molar-refractivity contribution is -0.0256. The van der Waals surface area contributed by atoms with Crippen LogP contribution in [-0.2, 0) is 4.74 Å². The highest BCUT2D eigenvalue weighted by Crippen LogP contribution is 2.31. The number of rotatable bonds is 3. The molecule has 0 N–H and O–H groups in total. The Labute approximate surface area is 152 Å². The van der Waals surface area contributed by atoms with Crippen LogP contribution in [0.4, 0.5) is 0 Å². The van der Waals surface area contributed by atoms with E-state index in [9.17, 15) is 4.79 Å². The quantitative estimate of drug-likeness (QED) is 0.839. The number of morpholine rings is 1. The Morgan fingerprint density at radius 1 is 1.08 bits per heavy atom. The number of fused-ring (bicyclic) bond motifs is 1. The summed E-state index contributed by atoms with van der Waals surface area (Å²) in [6, 6.07) is 2.89. The highest BCUT2D eigenvalue weighted by atomic mass is 16.5. The molecule has 2 aromatic rings. The number of imidazole rings is 1. The summed E-state index contributed by atoms with van der Waals surface area (Å²) in [5, 5.41) is 0. The van der Waals surface area contributed by atoms with Gasteiger partial charge in [0, 0.05) is 44.5 Å². The first kappa shape index (κ1) is 16.2. The standard InChI is InChI=1S/C19H25N5O2/c25-19(23-11-16(12-23)22-5-7-26-8-6-22)14-9-17-18(20-10-14)24(13-21-17)15-3-1-2-4-15/h9-10,13,15-16H,1-8,11-12H2. The molecular formula is C19H25N5O2. The number of hydrogen-bond donors (Lipinski definition) is 0. The van der Waals surface area contributed by atoms with Gasteiger partial charge in [0.1, 0.15) is 5.52 Å². The zero-order chi connectivity index (χ0) is 17.5. The van der Waals surface area contributed by atoms with Crippen molar-refractivity contribution in [2.45, 2.75) is 37.8 Å². The number of carbonyl (C=O) groups excluding carboxylic acids is 1. The van der Waals surface area contributed by atoms with E-state index in [1.165, 1.54) is 25.7 Å². The first-order chi connectivity index (χ1) is 12.8. The van der Waals surface area contributed by atoms with Crippen molar-refractivity contribution in [1.29, 1.82) is 0 Å². The molecular weight excluding hydrogens is 330 g/mol. The van der Waals surface area contributed by atoms with Crippen LogP contribution in [0.25, 0.3) is 11.2 Å². The molecule has 2 aromatic heterocycles. The summed E-state index contributed by atoms with van der Waals surface area (Å²) in [5.41, 5.74) is 2.38. The first-order valence-corrected chi connectivity index (χ1v) is 9.73. The van der Waals surface area contributed by atoms with Gasteiger partial charge < -0.3 is 14.2 Å². The largest absolute Gasteiger partial charge is 0.379 e. The number of carbonyl (C=O) groups is 1. The number of ether oxygens (including phenoxy) is 1. The summed E-state index contributed by atoms with van der Waals surface area (Å²) in [5.74, 6) is 0.0688. The van der Waals surface area contributed by atoms with Gasteiger partial charge in [-0.1, -0.05) is 12.8 Å². The molecule has 0 unspecified atom stereocenters. The highest BCUT2D eigenvalue weighted by Gasteiger charge is 2.36. The molecule has 5 rings (SSSR count). The van der Waals surface area contributed by atoms with Gasteiger partial charge in [-0.05, 0) is 18.9 Å². The van der Waals surface area contributed by atoms with Crippen molar-refractivity contribution < 1.29 is 9.53 Å². The van der Waals surface area contributed by atoms with E-state index in [2.05, 4.69) is 19.4 Å². The molecule has 3 fully saturated rings. The molecule has 1 amide bonds. The minimum Gasteiger partial charge on any atom is -0.379 e. The van der Waals surface area contributed by atoms with E-state index in [0.717, 1.165) is 50.6 Å². The average Bonchev–Trinajstić information content (AvgIpc) is 3.30. The van der Waals surface area contributed by atoms with Crippen LogP contribution in [-0.4, -0.2) is 75.7 Å². The van der Waals surface area contributed by atoms with E-state index in [0.29, 0.717) is 17.6 Å². The van der Waals surface area contributed by atoms with Crippen LogP contribution >= 0.6 is 0 Å². The van der Waals surface area contributed by atoms with Crippen LogP contribution in [0.5, 0.6) is 0 Å². The van der Waals surface area contributed by atoms with Crippen molar-refractivity contribution in [2.75, 3.05) is 39.4 Å². The van der Waals surface area contributed by atoms with Gasteiger partial charge in [0.05, 0.1) is 25.1 Å². The van der Waals surface area contributed by atoms with Crippen molar-refractivity contribution in [3.05, 3.63) is 24.2 Å². The monoisotopic (exact) mass is 355 g/mol. The fourth-order valence-electron chi connectivity index (χ4n) is 4.46. The Balaban J connectivity index is 1.28. The molecule has 0 radical (unpaired) electrons. The van der Waals surface area contributed by atoms with Crippen molar-refractivity contribution in [2.24, 2.45) is 0 Å². The van der Waals surface area contributed by atoms with Crippen molar-refractivity contribution in [3.63, 3.8) is 0 Å². The van der Waals surface area contributed by atoms with E-state index in [1.54, 1.807) is 6.20 Å². The Kier molecular flexibility index (Phi) is 4.13. The number of aromatic nitrogens is 3. The topological polar surface area (TPSA) is 63.5 Å². The molecule has 0 spiro atoms. The Morgan fingerprint density at radius 2 is 1.85 bits per heavy atom. The SMILES string of the molecule is O=C(c1cnc2c(c1)ncn2C1CCCC1)N1CC(N2CCOCC2)C1. The zero-order valence-electron chi connectivity index (χ0n) is 15.0. The van der Waals surface area contributed by atoms with Crippen LogP contribution in [0.3, 0.4) is 0 Å². The van der Waals surface area contributed by atoms with Crippen LogP contribution < -0.4 is 0 Å². The number of likely N-dealkylation sites (tertiary alicyclic amines) is 1. The summed E-state index contributed by atoms with van der Waals surface area (Å²) in [7, 11) is 0. The Morgan fingerprint density at radius 3 is 2.62 bits per heavy atom. The molecule has 138 valence electrons. The molecule has 0 atom stereocenters. The van der Waals surface area contributed by atoms with Gasteiger partial charge in [-0.25, -0.2) is 9.97 Å². The van der Waals surface area contributed by atoms with E-state index < -0.39 is 0 Å². The molecule has 4 heterocycles. The van der Waals surface area contributed by atoms with Gasteiger partial charge in [0.15, 0.2) is 5.65 Å². The minimum absolute atomic E-state index is 0.0688. The van der Waals surface area contributed by atoms with Crippen LogP contribution in [0, 0.1) is 0 Å². The molecule has 0 aromatic carbocycles. The normalized spacial score (nSPS) is 22.8. The third kappa shape index (κ3) is 2.79. The smallest absolute Gasteiger partial charge is 0.255 e. The van der Waals surface area contributed by atoms with E-state index in [1.807, 2.05) is 17.3 Å². The average molecular weight is 355 g/mol. The maximum absolute atomic E-state index is 12.8. The van der Waals surface area contributed by atoms with Gasteiger partial charge in [0.2, 0.25) is 0 Å². The van der Waals surface area contributed by atoms with Crippen molar-refractivity contribution >= 4 is 17.1 Å². The number of pyridine rings is 1. The molecule has 2 aliphatic heterocycles. The second-order valence-electron chi connectivity index (χ2n) is 7.67. The number of nitrogens with zero attached hydrogens (tertiary/aromatic N) is 5. The molecule has 7 nitrogen and oxygen atoms in total. The summed E-state index contributed by atoms with van der Waals surface area (Å²) in [6.07, 6.45) is 8.56. The molecule has 1 saturated carbocycles. The summed E-state index contributed by atoms with van der Waals surface area (Å²) >= 11 is 0. The number of amides is 1. The van der Waals surface area contributed by atoms with E-state index >= 15 is 0 Å². The van der Waals surface area contributed by atoms with Crippen LogP contribution in [0.1, 0.15) is 42.1 Å². The Hall–Kier alpha value is -1.99. The maximum atomic E-state index is 12.8. The fraction of sp³-hybridized carbons (Fsp3) is 0.632. The maximum Gasteiger partial charge on any atom is 0.255 e. The fourth-order valence-corrected chi connectivity index (χ4v) is 4.46. The van der Waals surface area contributed by atoms with Crippen molar-refractivity contribution in [3.8, 4) is 0 Å². The van der Waals surface area contributed by atoms with Gasteiger partial charge in [-0.3, -0.25) is 9.69 Å². The summed E-state index contributed by atoms with van der Waals surface area (Å²) < 4.78 is 7.59.